The van der Waals surface area contributed by atoms with Gasteiger partial charge in [0.2, 0.25) is 5.95 Å². The van der Waals surface area contributed by atoms with Crippen LogP contribution in [-0.2, 0) is 0 Å². The molecule has 0 unspecified atom stereocenters. The largest absolute Gasteiger partial charge is 0.495 e. The van der Waals surface area contributed by atoms with Crippen LogP contribution in [0.5, 0.6) is 5.75 Å². The maximum absolute atomic E-state index is 5.41. The molecule has 0 saturated carbocycles. The van der Waals surface area contributed by atoms with Gasteiger partial charge in [-0.2, -0.15) is 4.98 Å². The molecule has 0 bridgehead atoms. The zero-order chi connectivity index (χ0) is 16.4. The molecule has 1 aliphatic heterocycles. The highest BCUT2D eigenvalue weighted by atomic mass is 16.5. The van der Waals surface area contributed by atoms with E-state index in [1.165, 1.54) is 12.8 Å². The first kappa shape index (κ1) is 14.8. The molecular formula is C19H20N4O. The highest BCUT2D eigenvalue weighted by molar-refractivity contribution is 5.91. The van der Waals surface area contributed by atoms with Gasteiger partial charge in [0, 0.05) is 18.5 Å². The molecule has 1 N–H and O–H groups in total. The lowest BCUT2D eigenvalue weighted by Crippen LogP contribution is -2.20. The van der Waals surface area contributed by atoms with Gasteiger partial charge < -0.3 is 15.0 Å². The first-order valence-electron chi connectivity index (χ1n) is 8.27. The molecule has 2 aromatic carbocycles. The number of benzene rings is 2. The Morgan fingerprint density at radius 1 is 0.958 bits per heavy atom. The van der Waals surface area contributed by atoms with E-state index in [4.69, 9.17) is 9.72 Å². The van der Waals surface area contributed by atoms with Crippen molar-refractivity contribution in [3.8, 4) is 5.75 Å². The van der Waals surface area contributed by atoms with Crippen molar-refractivity contribution in [2.75, 3.05) is 30.4 Å². The van der Waals surface area contributed by atoms with Crippen molar-refractivity contribution in [1.29, 1.82) is 0 Å². The van der Waals surface area contributed by atoms with Crippen molar-refractivity contribution < 1.29 is 4.74 Å². The van der Waals surface area contributed by atoms with Crippen LogP contribution in [0.3, 0.4) is 0 Å². The molecule has 5 heteroatoms. The van der Waals surface area contributed by atoms with Crippen LogP contribution in [0.25, 0.3) is 10.9 Å². The number of rotatable bonds is 4. The number of para-hydroxylation sites is 3. The predicted octanol–water partition coefficient (Wildman–Crippen LogP) is 3.98. The number of anilines is 3. The second-order valence-electron chi connectivity index (χ2n) is 5.91. The fourth-order valence-electron chi connectivity index (χ4n) is 3.15. The Bertz CT molecular complexity index is 859. The van der Waals surface area contributed by atoms with E-state index in [9.17, 15) is 0 Å². The molecular weight excluding hydrogens is 300 g/mol. The Morgan fingerprint density at radius 2 is 1.71 bits per heavy atom. The average Bonchev–Trinajstić information content (AvgIpc) is 3.16. The molecule has 24 heavy (non-hydrogen) atoms. The van der Waals surface area contributed by atoms with E-state index in [1.54, 1.807) is 7.11 Å². The molecule has 0 aliphatic carbocycles. The van der Waals surface area contributed by atoms with Crippen molar-refractivity contribution in [3.63, 3.8) is 0 Å². The number of hydrogen-bond donors (Lipinski definition) is 1. The molecule has 0 spiro atoms. The standard InChI is InChI=1S/C19H20N4O/c1-24-17-11-5-4-10-16(17)21-19-20-15-9-3-2-8-14(15)18(22-19)23-12-6-7-13-23/h2-5,8-11H,6-7,12-13H2,1H3,(H,20,21,22). The highest BCUT2D eigenvalue weighted by Crippen LogP contribution is 2.30. The van der Waals surface area contributed by atoms with Crippen LogP contribution in [0.15, 0.2) is 48.5 Å². The molecule has 0 amide bonds. The minimum absolute atomic E-state index is 0.597. The summed E-state index contributed by atoms with van der Waals surface area (Å²) < 4.78 is 5.41. The third-order valence-electron chi connectivity index (χ3n) is 4.34. The Morgan fingerprint density at radius 3 is 2.54 bits per heavy atom. The minimum atomic E-state index is 0.597. The van der Waals surface area contributed by atoms with Crippen LogP contribution in [0.4, 0.5) is 17.5 Å². The third-order valence-corrected chi connectivity index (χ3v) is 4.34. The summed E-state index contributed by atoms with van der Waals surface area (Å²) in [6.07, 6.45) is 2.43. The van der Waals surface area contributed by atoms with E-state index < -0.39 is 0 Å². The number of nitrogens with zero attached hydrogens (tertiary/aromatic N) is 3. The van der Waals surface area contributed by atoms with Crippen LogP contribution in [0.2, 0.25) is 0 Å². The fourth-order valence-corrected chi connectivity index (χ4v) is 3.15. The number of hydrogen-bond acceptors (Lipinski definition) is 5. The SMILES string of the molecule is COc1ccccc1Nc1nc(N2CCCC2)c2ccccc2n1. The zero-order valence-electron chi connectivity index (χ0n) is 13.7. The summed E-state index contributed by atoms with van der Waals surface area (Å²) in [6.45, 7) is 2.10. The van der Waals surface area contributed by atoms with Crippen molar-refractivity contribution >= 4 is 28.4 Å². The summed E-state index contributed by atoms with van der Waals surface area (Å²) in [7, 11) is 1.66. The Labute approximate surface area is 141 Å². The quantitative estimate of drug-likeness (QED) is 0.788. The number of ether oxygens (including phenoxy) is 1. The lowest BCUT2D eigenvalue weighted by Gasteiger charge is -2.19. The summed E-state index contributed by atoms with van der Waals surface area (Å²) in [4.78, 5) is 11.8. The number of aromatic nitrogens is 2. The van der Waals surface area contributed by atoms with Gasteiger partial charge in [0.1, 0.15) is 11.6 Å². The molecule has 2 heterocycles. The molecule has 0 atom stereocenters. The Kier molecular flexibility index (Phi) is 3.91. The Balaban J connectivity index is 1.78. The van der Waals surface area contributed by atoms with Crippen molar-refractivity contribution in [1.82, 2.24) is 9.97 Å². The number of fused-ring (bicyclic) bond motifs is 1. The monoisotopic (exact) mass is 320 g/mol. The second-order valence-corrected chi connectivity index (χ2v) is 5.91. The van der Waals surface area contributed by atoms with Crippen molar-refractivity contribution in [2.45, 2.75) is 12.8 Å². The summed E-state index contributed by atoms with van der Waals surface area (Å²) in [5.74, 6) is 2.38. The average molecular weight is 320 g/mol. The normalized spacial score (nSPS) is 14.1. The third kappa shape index (κ3) is 2.73. The van der Waals surface area contributed by atoms with Crippen LogP contribution in [-0.4, -0.2) is 30.2 Å². The smallest absolute Gasteiger partial charge is 0.229 e. The summed E-state index contributed by atoms with van der Waals surface area (Å²) in [6, 6.07) is 16.0. The van der Waals surface area contributed by atoms with Gasteiger partial charge in [-0.3, -0.25) is 0 Å². The van der Waals surface area contributed by atoms with E-state index >= 15 is 0 Å². The van der Waals surface area contributed by atoms with Gasteiger partial charge in [-0.25, -0.2) is 4.98 Å². The lowest BCUT2D eigenvalue weighted by atomic mass is 10.2. The number of nitrogens with one attached hydrogen (secondary N) is 1. The number of methoxy groups -OCH3 is 1. The van der Waals surface area contributed by atoms with Gasteiger partial charge >= 0.3 is 0 Å². The van der Waals surface area contributed by atoms with Crippen molar-refractivity contribution in [2.24, 2.45) is 0 Å². The first-order valence-corrected chi connectivity index (χ1v) is 8.27. The zero-order valence-corrected chi connectivity index (χ0v) is 13.7. The molecule has 4 rings (SSSR count). The van der Waals surface area contributed by atoms with Gasteiger partial charge in [0.15, 0.2) is 0 Å². The molecule has 0 radical (unpaired) electrons. The first-order chi connectivity index (χ1) is 11.8. The molecule has 1 fully saturated rings. The van der Waals surface area contributed by atoms with Crippen LogP contribution in [0, 0.1) is 0 Å². The van der Waals surface area contributed by atoms with E-state index in [1.807, 2.05) is 42.5 Å². The molecule has 1 aromatic heterocycles. The van der Waals surface area contributed by atoms with E-state index in [-0.39, 0.29) is 0 Å². The van der Waals surface area contributed by atoms with Gasteiger partial charge in [0.25, 0.3) is 0 Å². The van der Waals surface area contributed by atoms with Gasteiger partial charge in [-0.15, -0.1) is 0 Å². The van der Waals surface area contributed by atoms with Gasteiger partial charge in [-0.1, -0.05) is 24.3 Å². The van der Waals surface area contributed by atoms with Crippen LogP contribution >= 0.6 is 0 Å². The molecule has 3 aromatic rings. The maximum Gasteiger partial charge on any atom is 0.229 e. The van der Waals surface area contributed by atoms with E-state index in [2.05, 4.69) is 21.3 Å². The Hall–Kier alpha value is -2.82. The van der Waals surface area contributed by atoms with Gasteiger partial charge in [-0.05, 0) is 37.1 Å². The molecule has 5 nitrogen and oxygen atoms in total. The predicted molar refractivity (Wildman–Crippen MR) is 97.3 cm³/mol. The summed E-state index contributed by atoms with van der Waals surface area (Å²) >= 11 is 0. The minimum Gasteiger partial charge on any atom is -0.495 e. The van der Waals surface area contributed by atoms with Crippen LogP contribution in [0.1, 0.15) is 12.8 Å². The topological polar surface area (TPSA) is 50.3 Å². The fraction of sp³-hybridized carbons (Fsp3) is 0.263. The van der Waals surface area contributed by atoms with E-state index in [0.717, 1.165) is 41.2 Å². The lowest BCUT2D eigenvalue weighted by molar-refractivity contribution is 0.417. The molecule has 122 valence electrons. The highest BCUT2D eigenvalue weighted by Gasteiger charge is 2.18. The van der Waals surface area contributed by atoms with E-state index in [0.29, 0.717) is 5.95 Å². The van der Waals surface area contributed by atoms with Crippen molar-refractivity contribution in [3.05, 3.63) is 48.5 Å². The second kappa shape index (κ2) is 6.35. The summed E-state index contributed by atoms with van der Waals surface area (Å²) in [5, 5.41) is 4.41. The maximum atomic E-state index is 5.41. The molecule has 1 saturated heterocycles. The van der Waals surface area contributed by atoms with Crippen LogP contribution < -0.4 is 15.0 Å². The molecule has 1 aliphatic rings. The summed E-state index contributed by atoms with van der Waals surface area (Å²) in [5.41, 5.74) is 1.81. The van der Waals surface area contributed by atoms with Gasteiger partial charge in [0.05, 0.1) is 18.3 Å².